The fraction of sp³-hybridized carbons (Fsp3) is 0.333. The van der Waals surface area contributed by atoms with E-state index < -0.39 is 0 Å². The monoisotopic (exact) mass is 432 g/mol. The largest absolute Gasteiger partial charge is 0.349 e. The van der Waals surface area contributed by atoms with E-state index in [1.807, 2.05) is 0 Å². The average molecular weight is 433 g/mol. The van der Waals surface area contributed by atoms with E-state index in [9.17, 15) is 20.1 Å². The van der Waals surface area contributed by atoms with Crippen molar-refractivity contribution in [3.8, 4) is 12.1 Å². The molecule has 0 saturated carbocycles. The summed E-state index contributed by atoms with van der Waals surface area (Å²) in [6, 6.07) is 5.89. The van der Waals surface area contributed by atoms with Crippen molar-refractivity contribution in [2.24, 2.45) is 0 Å². The van der Waals surface area contributed by atoms with E-state index in [0.717, 1.165) is 0 Å². The Balaban J connectivity index is 2.81. The van der Waals surface area contributed by atoms with Crippen molar-refractivity contribution in [2.45, 2.75) is 12.8 Å². The van der Waals surface area contributed by atoms with Crippen LogP contribution < -0.4 is 0 Å². The molecule has 0 spiro atoms. The maximum Gasteiger partial charge on any atom is 0.227 e. The van der Waals surface area contributed by atoms with Gasteiger partial charge in [0.05, 0.1) is 30.0 Å². The zero-order valence-corrected chi connectivity index (χ0v) is 17.3. The van der Waals surface area contributed by atoms with Crippen molar-refractivity contribution < 1.29 is 9.59 Å². The molecule has 1 heterocycles. The highest BCUT2D eigenvalue weighted by molar-refractivity contribution is 9.10. The van der Waals surface area contributed by atoms with Crippen molar-refractivity contribution in [2.75, 3.05) is 28.2 Å². The fourth-order valence-electron chi connectivity index (χ4n) is 2.51. The van der Waals surface area contributed by atoms with E-state index in [2.05, 4.69) is 28.1 Å². The summed E-state index contributed by atoms with van der Waals surface area (Å²) in [7, 11) is 6.65. The van der Waals surface area contributed by atoms with Gasteiger partial charge in [0.25, 0.3) is 0 Å². The number of nitrogens with zero attached hydrogens (tertiary/aromatic N) is 4. The van der Waals surface area contributed by atoms with E-state index in [0.29, 0.717) is 36.1 Å². The molecule has 0 aliphatic rings. The van der Waals surface area contributed by atoms with Crippen LogP contribution in [0, 0.1) is 22.7 Å². The van der Waals surface area contributed by atoms with Gasteiger partial charge in [0.15, 0.2) is 0 Å². The number of amides is 2. The van der Waals surface area contributed by atoms with Crippen molar-refractivity contribution >= 4 is 49.9 Å². The minimum Gasteiger partial charge on any atom is -0.349 e. The van der Waals surface area contributed by atoms with Gasteiger partial charge in [0.1, 0.15) is 6.07 Å². The second-order valence-corrected chi connectivity index (χ2v) is 8.18. The fourth-order valence-corrected chi connectivity index (χ4v) is 4.33. The number of benzene rings is 1. The lowest BCUT2D eigenvalue weighted by atomic mass is 9.99. The Morgan fingerprint density at radius 2 is 1.50 bits per heavy atom. The molecule has 2 aromatic rings. The van der Waals surface area contributed by atoms with Gasteiger partial charge < -0.3 is 9.80 Å². The first-order valence-corrected chi connectivity index (χ1v) is 9.29. The first-order valence-electron chi connectivity index (χ1n) is 7.68. The summed E-state index contributed by atoms with van der Waals surface area (Å²) < 4.78 is 0.505. The summed E-state index contributed by atoms with van der Waals surface area (Å²) in [5, 5.41) is 20.3. The maximum absolute atomic E-state index is 12.2. The Bertz CT molecular complexity index is 980. The molecule has 0 N–H and O–H groups in total. The molecule has 2 amide bonds. The van der Waals surface area contributed by atoms with Gasteiger partial charge in [-0.25, -0.2) is 0 Å². The number of carbonyl (C=O) groups excluding carboxylic acids is 2. The molecule has 26 heavy (non-hydrogen) atoms. The van der Waals surface area contributed by atoms with Crippen LogP contribution in [0.4, 0.5) is 0 Å². The van der Waals surface area contributed by atoms with E-state index >= 15 is 0 Å². The highest BCUT2D eigenvalue weighted by Gasteiger charge is 2.24. The molecule has 0 unspecified atom stereocenters. The lowest BCUT2D eigenvalue weighted by Gasteiger charge is -2.10. The third-order valence-corrected chi connectivity index (χ3v) is 5.75. The van der Waals surface area contributed by atoms with Crippen molar-refractivity contribution in [1.29, 1.82) is 10.5 Å². The number of thiophene rings is 1. The number of fused-ring (bicyclic) bond motifs is 1. The Kier molecular flexibility index (Phi) is 6.01. The molecule has 0 atom stereocenters. The number of carbonyl (C=O) groups is 2. The zero-order chi connectivity index (χ0) is 19.6. The number of nitriles is 2. The summed E-state index contributed by atoms with van der Waals surface area (Å²) in [5.74, 6) is -0.218. The molecular weight excluding hydrogens is 416 g/mol. The van der Waals surface area contributed by atoms with Crippen LogP contribution >= 0.6 is 27.3 Å². The van der Waals surface area contributed by atoms with E-state index in [1.165, 1.54) is 21.1 Å². The third-order valence-electron chi connectivity index (χ3n) is 3.94. The molecular formula is C18H17BrN4O2S. The van der Waals surface area contributed by atoms with Crippen LogP contribution in [0.1, 0.15) is 20.9 Å². The SMILES string of the molecule is CN(C)C(=O)Cc1sc(CC(=O)N(C)C)c2c(C#N)c(Br)cc(C#N)c12. The molecule has 0 fully saturated rings. The van der Waals surface area contributed by atoms with Gasteiger partial charge in [-0.1, -0.05) is 0 Å². The minimum absolute atomic E-state index is 0.107. The van der Waals surface area contributed by atoms with Gasteiger partial charge in [0.2, 0.25) is 11.8 Å². The average Bonchev–Trinajstić information content (AvgIpc) is 2.92. The molecule has 0 aliphatic heterocycles. The highest BCUT2D eigenvalue weighted by atomic mass is 79.9. The summed E-state index contributed by atoms with van der Waals surface area (Å²) in [6.07, 6.45) is 0.228. The minimum atomic E-state index is -0.110. The predicted octanol–water partition coefficient (Wildman–Crippen LogP) is 2.67. The van der Waals surface area contributed by atoms with Crippen LogP contribution in [0.3, 0.4) is 0 Å². The van der Waals surface area contributed by atoms with Gasteiger partial charge in [-0.15, -0.1) is 11.3 Å². The summed E-state index contributed by atoms with van der Waals surface area (Å²) in [4.78, 5) is 28.8. The van der Waals surface area contributed by atoms with Crippen LogP contribution in [-0.2, 0) is 22.4 Å². The number of hydrogen-bond donors (Lipinski definition) is 0. The van der Waals surface area contributed by atoms with E-state index in [-0.39, 0.29) is 24.7 Å². The topological polar surface area (TPSA) is 88.2 Å². The number of rotatable bonds is 4. The van der Waals surface area contributed by atoms with Crippen LogP contribution in [0.2, 0.25) is 0 Å². The summed E-state index contributed by atoms with van der Waals surface area (Å²) in [5.41, 5.74) is 0.757. The number of likely N-dealkylation sites (N-methyl/N-ethyl adjacent to an activating group) is 2. The molecule has 0 bridgehead atoms. The van der Waals surface area contributed by atoms with Gasteiger partial charge in [-0.3, -0.25) is 9.59 Å². The molecule has 0 saturated heterocycles. The standard InChI is InChI=1S/C18H17BrN4O2S/c1-22(2)15(24)6-13-17-10(8-20)5-12(19)11(9-21)18(17)14(26-13)7-16(25)23(3)4/h5H,6-7H2,1-4H3. The van der Waals surface area contributed by atoms with Gasteiger partial charge in [-0.05, 0) is 22.0 Å². The maximum atomic E-state index is 12.2. The first-order chi connectivity index (χ1) is 12.2. The van der Waals surface area contributed by atoms with Gasteiger partial charge >= 0.3 is 0 Å². The van der Waals surface area contributed by atoms with E-state index in [4.69, 9.17) is 0 Å². The van der Waals surface area contributed by atoms with Crippen LogP contribution in [0.5, 0.6) is 0 Å². The lowest BCUT2D eigenvalue weighted by molar-refractivity contribution is -0.128. The van der Waals surface area contributed by atoms with Crippen molar-refractivity contribution in [1.82, 2.24) is 9.80 Å². The Hall–Kier alpha value is -2.42. The molecule has 134 valence electrons. The number of hydrogen-bond acceptors (Lipinski definition) is 5. The summed E-state index contributed by atoms with van der Waals surface area (Å²) >= 11 is 4.66. The Morgan fingerprint density at radius 3 is 1.92 bits per heavy atom. The van der Waals surface area contributed by atoms with Gasteiger partial charge in [0, 0.05) is 53.2 Å². The van der Waals surface area contributed by atoms with Crippen LogP contribution in [-0.4, -0.2) is 49.8 Å². The molecule has 0 aliphatic carbocycles. The van der Waals surface area contributed by atoms with Crippen molar-refractivity contribution in [3.63, 3.8) is 0 Å². The van der Waals surface area contributed by atoms with E-state index in [1.54, 1.807) is 34.3 Å². The molecule has 6 nitrogen and oxygen atoms in total. The zero-order valence-electron chi connectivity index (χ0n) is 14.9. The van der Waals surface area contributed by atoms with Crippen LogP contribution in [0.25, 0.3) is 10.8 Å². The lowest BCUT2D eigenvalue weighted by Crippen LogP contribution is -2.23. The molecule has 1 aromatic heterocycles. The Morgan fingerprint density at radius 1 is 1.00 bits per heavy atom. The quantitative estimate of drug-likeness (QED) is 0.742. The first kappa shape index (κ1) is 19.9. The Labute approximate surface area is 164 Å². The normalized spacial score (nSPS) is 10.3. The smallest absolute Gasteiger partial charge is 0.227 e. The highest BCUT2D eigenvalue weighted by Crippen LogP contribution is 2.40. The molecule has 2 rings (SSSR count). The molecule has 0 radical (unpaired) electrons. The summed E-state index contributed by atoms with van der Waals surface area (Å²) in [6.45, 7) is 0. The second-order valence-electron chi connectivity index (χ2n) is 6.13. The molecule has 8 heteroatoms. The third kappa shape index (κ3) is 3.72. The van der Waals surface area contributed by atoms with Gasteiger partial charge in [-0.2, -0.15) is 10.5 Å². The predicted molar refractivity (Wildman–Crippen MR) is 104 cm³/mol. The second kappa shape index (κ2) is 7.86. The number of halogens is 1. The molecule has 1 aromatic carbocycles. The van der Waals surface area contributed by atoms with Crippen molar-refractivity contribution in [3.05, 3.63) is 31.4 Å². The van der Waals surface area contributed by atoms with Crippen LogP contribution in [0.15, 0.2) is 10.5 Å².